The van der Waals surface area contributed by atoms with Crippen LogP contribution in [0.15, 0.2) is 22.8 Å². The maximum absolute atomic E-state index is 12.0. The van der Waals surface area contributed by atoms with Gasteiger partial charge in [0, 0.05) is 11.6 Å². The van der Waals surface area contributed by atoms with E-state index in [0.29, 0.717) is 5.57 Å². The van der Waals surface area contributed by atoms with Crippen LogP contribution in [0.4, 0.5) is 0 Å². The highest BCUT2D eigenvalue weighted by Crippen LogP contribution is 2.43. The summed E-state index contributed by atoms with van der Waals surface area (Å²) < 4.78 is 10.2. The van der Waals surface area contributed by atoms with Crippen molar-refractivity contribution in [2.45, 2.75) is 60.0 Å². The highest BCUT2D eigenvalue weighted by atomic mass is 16.6. The van der Waals surface area contributed by atoms with E-state index in [-0.39, 0.29) is 17.4 Å². The van der Waals surface area contributed by atoms with Crippen LogP contribution in [0.5, 0.6) is 0 Å². The molecule has 0 saturated heterocycles. The van der Waals surface area contributed by atoms with E-state index < -0.39 is 5.60 Å². The topological polar surface area (TPSA) is 52.6 Å². The molecule has 1 aliphatic carbocycles. The Morgan fingerprint density at radius 2 is 1.81 bits per heavy atom. The zero-order valence-corrected chi connectivity index (χ0v) is 14.1. The summed E-state index contributed by atoms with van der Waals surface area (Å²) in [5, 5.41) is 0. The van der Waals surface area contributed by atoms with E-state index in [4.69, 9.17) is 9.47 Å². The van der Waals surface area contributed by atoms with Crippen molar-refractivity contribution in [3.8, 4) is 0 Å². The predicted molar refractivity (Wildman–Crippen MR) is 81.7 cm³/mol. The summed E-state index contributed by atoms with van der Waals surface area (Å²) >= 11 is 0. The van der Waals surface area contributed by atoms with Crippen LogP contribution in [0, 0.1) is 5.41 Å². The fourth-order valence-corrected chi connectivity index (χ4v) is 2.61. The van der Waals surface area contributed by atoms with Crippen molar-refractivity contribution in [3.63, 3.8) is 0 Å². The fraction of sp³-hybridized carbons (Fsp3) is 0.647. The molecule has 0 saturated carbocycles. The molecule has 0 aromatic heterocycles. The van der Waals surface area contributed by atoms with Gasteiger partial charge in [0.25, 0.3) is 0 Å². The van der Waals surface area contributed by atoms with Crippen LogP contribution >= 0.6 is 0 Å². The standard InChI is InChI=1S/C17H26O4/c1-11-12(10-13(18)21-16(2,3)4)8-9-17(5,6)14(11)15(19)20-7/h10H,8-9H2,1-7H3. The first-order valence-electron chi connectivity index (χ1n) is 7.21. The molecule has 0 heterocycles. The molecule has 0 spiro atoms. The number of ether oxygens (including phenoxy) is 2. The quantitative estimate of drug-likeness (QED) is 0.577. The zero-order chi connectivity index (χ0) is 16.4. The molecule has 21 heavy (non-hydrogen) atoms. The summed E-state index contributed by atoms with van der Waals surface area (Å²) in [4.78, 5) is 24.0. The number of carbonyl (C=O) groups excluding carboxylic acids is 2. The molecule has 1 rings (SSSR count). The van der Waals surface area contributed by atoms with Gasteiger partial charge in [-0.2, -0.15) is 0 Å². The number of carbonyl (C=O) groups is 2. The summed E-state index contributed by atoms with van der Waals surface area (Å²) in [7, 11) is 1.38. The lowest BCUT2D eigenvalue weighted by Crippen LogP contribution is -2.28. The molecule has 0 unspecified atom stereocenters. The molecule has 1 aliphatic rings. The summed E-state index contributed by atoms with van der Waals surface area (Å²) in [5.41, 5.74) is 1.55. The zero-order valence-electron chi connectivity index (χ0n) is 14.1. The number of hydrogen-bond donors (Lipinski definition) is 0. The molecule has 0 atom stereocenters. The van der Waals surface area contributed by atoms with Crippen molar-refractivity contribution in [2.75, 3.05) is 7.11 Å². The van der Waals surface area contributed by atoms with Crippen molar-refractivity contribution < 1.29 is 19.1 Å². The molecule has 0 aromatic carbocycles. The summed E-state index contributed by atoms with van der Waals surface area (Å²) in [6, 6.07) is 0. The van der Waals surface area contributed by atoms with Crippen molar-refractivity contribution in [3.05, 3.63) is 22.8 Å². The molecule has 4 nitrogen and oxygen atoms in total. The van der Waals surface area contributed by atoms with Gasteiger partial charge < -0.3 is 9.47 Å². The number of rotatable bonds is 2. The van der Waals surface area contributed by atoms with E-state index in [2.05, 4.69) is 0 Å². The molecule has 0 amide bonds. The lowest BCUT2D eigenvalue weighted by Gasteiger charge is -2.34. The smallest absolute Gasteiger partial charge is 0.334 e. The number of hydrogen-bond acceptors (Lipinski definition) is 4. The predicted octanol–water partition coefficient (Wildman–Crippen LogP) is 3.56. The summed E-state index contributed by atoms with van der Waals surface area (Å²) in [5.74, 6) is -0.701. The third-order valence-corrected chi connectivity index (χ3v) is 3.64. The van der Waals surface area contributed by atoms with Crippen LogP contribution < -0.4 is 0 Å². The van der Waals surface area contributed by atoms with Gasteiger partial charge in [-0.1, -0.05) is 13.8 Å². The van der Waals surface area contributed by atoms with E-state index in [9.17, 15) is 9.59 Å². The second kappa shape index (κ2) is 6.04. The van der Waals surface area contributed by atoms with Crippen molar-refractivity contribution in [1.82, 2.24) is 0 Å². The second-order valence-corrected chi connectivity index (χ2v) is 7.08. The summed E-state index contributed by atoms with van der Waals surface area (Å²) in [6.45, 7) is 11.4. The van der Waals surface area contributed by atoms with E-state index in [1.54, 1.807) is 0 Å². The molecule has 4 heteroatoms. The normalized spacial score (nSPS) is 20.4. The van der Waals surface area contributed by atoms with Gasteiger partial charge in [-0.3, -0.25) is 0 Å². The molecule has 0 radical (unpaired) electrons. The van der Waals surface area contributed by atoms with Gasteiger partial charge in [0.15, 0.2) is 0 Å². The Morgan fingerprint density at radius 1 is 1.24 bits per heavy atom. The Labute approximate surface area is 127 Å². The molecule has 0 fully saturated rings. The van der Waals surface area contributed by atoms with Crippen molar-refractivity contribution in [2.24, 2.45) is 5.41 Å². The molecule has 118 valence electrons. The Balaban J connectivity index is 3.16. The Kier molecular flexibility index (Phi) is 5.03. The Morgan fingerprint density at radius 3 is 2.29 bits per heavy atom. The van der Waals surface area contributed by atoms with Gasteiger partial charge in [-0.05, 0) is 57.1 Å². The van der Waals surface area contributed by atoms with E-state index in [1.807, 2.05) is 41.5 Å². The molecule has 0 aromatic rings. The molecule has 0 aliphatic heterocycles. The Hall–Kier alpha value is -1.58. The molecule has 0 bridgehead atoms. The van der Waals surface area contributed by atoms with Crippen molar-refractivity contribution in [1.29, 1.82) is 0 Å². The van der Waals surface area contributed by atoms with Gasteiger partial charge in [-0.25, -0.2) is 9.59 Å². The van der Waals surface area contributed by atoms with Crippen LogP contribution in [-0.4, -0.2) is 24.6 Å². The maximum Gasteiger partial charge on any atom is 0.334 e. The van der Waals surface area contributed by atoms with Crippen LogP contribution in [-0.2, 0) is 19.1 Å². The van der Waals surface area contributed by atoms with Gasteiger partial charge in [0.05, 0.1) is 7.11 Å². The Bertz CT molecular complexity index is 501. The van der Waals surface area contributed by atoms with Crippen LogP contribution in [0.25, 0.3) is 0 Å². The molecular formula is C17H26O4. The second-order valence-electron chi connectivity index (χ2n) is 7.08. The fourth-order valence-electron chi connectivity index (χ4n) is 2.61. The van der Waals surface area contributed by atoms with Gasteiger partial charge in [-0.15, -0.1) is 0 Å². The van der Waals surface area contributed by atoms with Gasteiger partial charge >= 0.3 is 11.9 Å². The molecule has 0 N–H and O–H groups in total. The lowest BCUT2D eigenvalue weighted by molar-refractivity contribution is -0.148. The third-order valence-electron chi connectivity index (χ3n) is 3.64. The first-order valence-corrected chi connectivity index (χ1v) is 7.21. The van der Waals surface area contributed by atoms with Gasteiger partial charge in [0.1, 0.15) is 5.60 Å². The van der Waals surface area contributed by atoms with E-state index in [0.717, 1.165) is 24.0 Å². The van der Waals surface area contributed by atoms with E-state index in [1.165, 1.54) is 13.2 Å². The molecular weight excluding hydrogens is 268 g/mol. The number of methoxy groups -OCH3 is 1. The number of esters is 2. The van der Waals surface area contributed by atoms with Crippen LogP contribution in [0.2, 0.25) is 0 Å². The maximum atomic E-state index is 12.0. The lowest BCUT2D eigenvalue weighted by atomic mass is 9.71. The first-order chi connectivity index (χ1) is 9.48. The highest BCUT2D eigenvalue weighted by Gasteiger charge is 2.35. The number of allylic oxidation sites excluding steroid dienone is 2. The minimum absolute atomic E-state index is 0.248. The first kappa shape index (κ1) is 17.5. The summed E-state index contributed by atoms with van der Waals surface area (Å²) in [6.07, 6.45) is 3.04. The average molecular weight is 294 g/mol. The minimum atomic E-state index is -0.523. The van der Waals surface area contributed by atoms with Crippen LogP contribution in [0.3, 0.4) is 0 Å². The monoisotopic (exact) mass is 294 g/mol. The average Bonchev–Trinajstić information content (AvgIpc) is 2.30. The third kappa shape index (κ3) is 4.45. The van der Waals surface area contributed by atoms with Crippen LogP contribution in [0.1, 0.15) is 54.4 Å². The minimum Gasteiger partial charge on any atom is -0.466 e. The largest absolute Gasteiger partial charge is 0.466 e. The SMILES string of the molecule is COC(=O)C1=C(C)C(=CC(=O)OC(C)(C)C)CCC1(C)C. The van der Waals surface area contributed by atoms with Gasteiger partial charge in [0.2, 0.25) is 0 Å². The highest BCUT2D eigenvalue weighted by molar-refractivity contribution is 5.93. The van der Waals surface area contributed by atoms with E-state index >= 15 is 0 Å². The van der Waals surface area contributed by atoms with Crippen molar-refractivity contribution >= 4 is 11.9 Å².